The molecular weight excluding hydrogens is 222 g/mol. The number of nitrogens with one attached hydrogen (secondary N) is 2. The molecule has 1 aliphatic rings. The van der Waals surface area contributed by atoms with Crippen molar-refractivity contribution < 1.29 is 4.79 Å². The van der Waals surface area contributed by atoms with E-state index in [1.54, 1.807) is 0 Å². The lowest BCUT2D eigenvalue weighted by Crippen LogP contribution is -2.22. The molecule has 88 valence electrons. The molecular formula is C11H17N3OS. The summed E-state index contributed by atoms with van der Waals surface area (Å²) in [6, 6.07) is 1.92. The summed E-state index contributed by atoms with van der Waals surface area (Å²) in [5.74, 6) is 2.97. The SMILES string of the molecule is CCCc1cc(NC(=O)C2CCSC2)n[nH]1. The number of hydrogen-bond acceptors (Lipinski definition) is 3. The maximum absolute atomic E-state index is 11.8. The number of amides is 1. The Morgan fingerprint density at radius 2 is 2.62 bits per heavy atom. The number of H-pyrrole nitrogens is 1. The van der Waals surface area contributed by atoms with Crippen molar-refractivity contribution in [2.45, 2.75) is 26.2 Å². The van der Waals surface area contributed by atoms with Crippen LogP contribution in [0, 0.1) is 5.92 Å². The fourth-order valence-corrected chi connectivity index (χ4v) is 3.01. The van der Waals surface area contributed by atoms with Crippen molar-refractivity contribution in [3.8, 4) is 0 Å². The molecule has 0 radical (unpaired) electrons. The summed E-state index contributed by atoms with van der Waals surface area (Å²) in [6.45, 7) is 2.12. The van der Waals surface area contributed by atoms with Gasteiger partial charge in [-0.25, -0.2) is 0 Å². The topological polar surface area (TPSA) is 57.8 Å². The first-order valence-electron chi connectivity index (χ1n) is 5.72. The highest BCUT2D eigenvalue weighted by Crippen LogP contribution is 2.24. The van der Waals surface area contributed by atoms with E-state index in [1.807, 2.05) is 17.8 Å². The van der Waals surface area contributed by atoms with E-state index < -0.39 is 0 Å². The van der Waals surface area contributed by atoms with Crippen LogP contribution in [0.15, 0.2) is 6.07 Å². The van der Waals surface area contributed by atoms with Crippen LogP contribution in [0.4, 0.5) is 5.82 Å². The van der Waals surface area contributed by atoms with Crippen LogP contribution in [0.25, 0.3) is 0 Å². The summed E-state index contributed by atoms with van der Waals surface area (Å²) in [4.78, 5) is 11.8. The summed E-state index contributed by atoms with van der Waals surface area (Å²) in [5, 5.41) is 9.88. The van der Waals surface area contributed by atoms with E-state index in [9.17, 15) is 4.79 Å². The molecule has 16 heavy (non-hydrogen) atoms. The Morgan fingerprint density at radius 1 is 1.75 bits per heavy atom. The summed E-state index contributed by atoms with van der Waals surface area (Å²) in [7, 11) is 0. The van der Waals surface area contributed by atoms with Gasteiger partial charge in [0.05, 0.1) is 0 Å². The highest BCUT2D eigenvalue weighted by atomic mass is 32.2. The van der Waals surface area contributed by atoms with Crippen molar-refractivity contribution in [1.82, 2.24) is 10.2 Å². The van der Waals surface area contributed by atoms with Gasteiger partial charge in [0, 0.05) is 23.4 Å². The van der Waals surface area contributed by atoms with Gasteiger partial charge in [-0.05, 0) is 18.6 Å². The Balaban J connectivity index is 1.89. The average Bonchev–Trinajstić information content (AvgIpc) is 2.89. The predicted octanol–water partition coefficient (Wildman–Crippen LogP) is 2.05. The van der Waals surface area contributed by atoms with Crippen LogP contribution < -0.4 is 5.32 Å². The van der Waals surface area contributed by atoms with Gasteiger partial charge in [0.1, 0.15) is 0 Å². The molecule has 0 aliphatic carbocycles. The molecule has 1 saturated heterocycles. The molecule has 0 spiro atoms. The maximum atomic E-state index is 11.8. The van der Waals surface area contributed by atoms with Crippen LogP contribution in [-0.4, -0.2) is 27.6 Å². The van der Waals surface area contributed by atoms with E-state index in [0.717, 1.165) is 36.5 Å². The Hall–Kier alpha value is -0.970. The standard InChI is InChI=1S/C11H17N3OS/c1-2-3-9-6-10(14-13-9)12-11(15)8-4-5-16-7-8/h6,8H,2-5,7H2,1H3,(H2,12,13,14,15). The van der Waals surface area contributed by atoms with Crippen LogP contribution >= 0.6 is 11.8 Å². The fourth-order valence-electron chi connectivity index (χ4n) is 1.79. The summed E-state index contributed by atoms with van der Waals surface area (Å²) in [6.07, 6.45) is 3.04. The van der Waals surface area contributed by atoms with Gasteiger partial charge in [-0.3, -0.25) is 9.89 Å². The van der Waals surface area contributed by atoms with Crippen molar-refractivity contribution in [3.05, 3.63) is 11.8 Å². The van der Waals surface area contributed by atoms with Gasteiger partial charge in [-0.2, -0.15) is 16.9 Å². The molecule has 0 saturated carbocycles. The quantitative estimate of drug-likeness (QED) is 0.845. The molecule has 0 bridgehead atoms. The second-order valence-electron chi connectivity index (χ2n) is 4.08. The summed E-state index contributed by atoms with van der Waals surface area (Å²) < 4.78 is 0. The number of carbonyl (C=O) groups is 1. The zero-order chi connectivity index (χ0) is 11.4. The van der Waals surface area contributed by atoms with E-state index in [1.165, 1.54) is 0 Å². The van der Waals surface area contributed by atoms with Gasteiger partial charge in [0.25, 0.3) is 0 Å². The Bertz CT molecular complexity index is 358. The molecule has 2 N–H and O–H groups in total. The van der Waals surface area contributed by atoms with Gasteiger partial charge in [0.2, 0.25) is 5.91 Å². The van der Waals surface area contributed by atoms with Crippen LogP contribution in [0.5, 0.6) is 0 Å². The number of nitrogens with zero attached hydrogens (tertiary/aromatic N) is 1. The van der Waals surface area contributed by atoms with E-state index in [2.05, 4.69) is 22.4 Å². The third-order valence-corrected chi connectivity index (χ3v) is 3.86. The Morgan fingerprint density at radius 3 is 3.31 bits per heavy atom. The smallest absolute Gasteiger partial charge is 0.229 e. The molecule has 1 aromatic heterocycles. The number of rotatable bonds is 4. The number of aromatic nitrogens is 2. The Labute approximate surface area is 99.6 Å². The molecule has 1 unspecified atom stereocenters. The van der Waals surface area contributed by atoms with Gasteiger partial charge in [-0.15, -0.1) is 0 Å². The average molecular weight is 239 g/mol. The molecule has 1 fully saturated rings. The van der Waals surface area contributed by atoms with Crippen molar-refractivity contribution >= 4 is 23.5 Å². The summed E-state index contributed by atoms with van der Waals surface area (Å²) in [5.41, 5.74) is 1.08. The molecule has 1 atom stereocenters. The van der Waals surface area contributed by atoms with Crippen LogP contribution in [0.1, 0.15) is 25.5 Å². The second kappa shape index (κ2) is 5.39. The lowest BCUT2D eigenvalue weighted by molar-refractivity contribution is -0.119. The number of hydrogen-bond donors (Lipinski definition) is 2. The molecule has 0 aromatic carbocycles. The first kappa shape index (κ1) is 11.5. The molecule has 2 rings (SSSR count). The van der Waals surface area contributed by atoms with Crippen LogP contribution in [0.3, 0.4) is 0 Å². The zero-order valence-electron chi connectivity index (χ0n) is 9.45. The van der Waals surface area contributed by atoms with Gasteiger partial charge < -0.3 is 5.32 Å². The summed E-state index contributed by atoms with van der Waals surface area (Å²) >= 11 is 1.85. The minimum Gasteiger partial charge on any atom is -0.309 e. The highest BCUT2D eigenvalue weighted by molar-refractivity contribution is 7.99. The second-order valence-corrected chi connectivity index (χ2v) is 5.23. The van der Waals surface area contributed by atoms with E-state index >= 15 is 0 Å². The van der Waals surface area contributed by atoms with E-state index in [-0.39, 0.29) is 11.8 Å². The number of aryl methyl sites for hydroxylation is 1. The maximum Gasteiger partial charge on any atom is 0.229 e. The molecule has 1 aliphatic heterocycles. The van der Waals surface area contributed by atoms with E-state index in [4.69, 9.17) is 0 Å². The number of thioether (sulfide) groups is 1. The fraction of sp³-hybridized carbons (Fsp3) is 0.636. The van der Waals surface area contributed by atoms with Gasteiger partial charge in [0.15, 0.2) is 5.82 Å². The van der Waals surface area contributed by atoms with Gasteiger partial charge >= 0.3 is 0 Å². The first-order valence-corrected chi connectivity index (χ1v) is 6.88. The van der Waals surface area contributed by atoms with Crippen molar-refractivity contribution in [1.29, 1.82) is 0 Å². The zero-order valence-corrected chi connectivity index (χ0v) is 10.3. The molecule has 1 amide bonds. The molecule has 4 nitrogen and oxygen atoms in total. The molecule has 1 aromatic rings. The van der Waals surface area contributed by atoms with Crippen molar-refractivity contribution in [3.63, 3.8) is 0 Å². The molecule has 2 heterocycles. The normalized spacial score (nSPS) is 19.9. The third-order valence-electron chi connectivity index (χ3n) is 2.70. The number of anilines is 1. The predicted molar refractivity (Wildman–Crippen MR) is 66.6 cm³/mol. The monoisotopic (exact) mass is 239 g/mol. The van der Waals surface area contributed by atoms with Crippen LogP contribution in [-0.2, 0) is 11.2 Å². The van der Waals surface area contributed by atoms with E-state index in [0.29, 0.717) is 5.82 Å². The molecule has 5 heteroatoms. The van der Waals surface area contributed by atoms with Gasteiger partial charge in [-0.1, -0.05) is 13.3 Å². The lowest BCUT2D eigenvalue weighted by Gasteiger charge is -2.06. The number of aromatic amines is 1. The highest BCUT2D eigenvalue weighted by Gasteiger charge is 2.23. The van der Waals surface area contributed by atoms with Crippen molar-refractivity contribution in [2.24, 2.45) is 5.92 Å². The minimum absolute atomic E-state index is 0.111. The van der Waals surface area contributed by atoms with Crippen LogP contribution in [0.2, 0.25) is 0 Å². The number of carbonyl (C=O) groups excluding carboxylic acids is 1. The lowest BCUT2D eigenvalue weighted by atomic mass is 10.1. The third kappa shape index (κ3) is 2.78. The minimum atomic E-state index is 0.111. The largest absolute Gasteiger partial charge is 0.309 e. The van der Waals surface area contributed by atoms with Crippen molar-refractivity contribution in [2.75, 3.05) is 16.8 Å². The first-order chi connectivity index (χ1) is 7.79. The Kier molecular flexibility index (Phi) is 3.88.